The predicted molar refractivity (Wildman–Crippen MR) is 106 cm³/mol. The number of ether oxygens (including phenoxy) is 2. The summed E-state index contributed by atoms with van der Waals surface area (Å²) in [5, 5.41) is 0. The summed E-state index contributed by atoms with van der Waals surface area (Å²) in [6.45, 7) is 9.04. The molecule has 0 radical (unpaired) electrons. The van der Waals surface area contributed by atoms with Gasteiger partial charge in [-0.15, -0.1) is 0 Å². The zero-order valence-electron chi connectivity index (χ0n) is 18.9. The van der Waals surface area contributed by atoms with Crippen LogP contribution in [-0.2, 0) is 43.0 Å². The minimum atomic E-state index is -6.32. The summed E-state index contributed by atoms with van der Waals surface area (Å²) in [5.41, 5.74) is -6.91. The summed E-state index contributed by atoms with van der Waals surface area (Å²) in [6.07, 6.45) is 0.0910. The molecule has 0 aliphatic carbocycles. The van der Waals surface area contributed by atoms with Crippen LogP contribution in [0, 0.1) is 5.92 Å². The second-order valence-corrected chi connectivity index (χ2v) is 9.97. The van der Waals surface area contributed by atoms with Crippen LogP contribution in [0.3, 0.4) is 0 Å². The molecule has 1 aliphatic heterocycles. The van der Waals surface area contributed by atoms with Gasteiger partial charge in [0.1, 0.15) is 11.6 Å². The number of hydrogen-bond acceptors (Lipinski definition) is 9. The predicted octanol–water partition coefficient (Wildman–Crippen LogP) is 1.84. The Morgan fingerprint density at radius 2 is 1.70 bits per heavy atom. The summed E-state index contributed by atoms with van der Waals surface area (Å²) >= 11 is 0. The molecule has 10 nitrogen and oxygen atoms in total. The van der Waals surface area contributed by atoms with Gasteiger partial charge in [0.15, 0.2) is 11.8 Å². The molecule has 188 valence electrons. The third-order valence-corrected chi connectivity index (χ3v) is 4.95. The SMILES string of the molecule is CCOC(=O)C1C(=O)C(OS(=O)(=O)C(F)(F)F)=CC(=O)N1C(CC(C)C)C(=O)OC(C)(C)C. The lowest BCUT2D eigenvalue weighted by atomic mass is 9.96. The van der Waals surface area contributed by atoms with E-state index in [1.54, 1.807) is 13.8 Å². The van der Waals surface area contributed by atoms with Gasteiger partial charge >= 0.3 is 27.6 Å². The normalized spacial score (nSPS) is 18.7. The highest BCUT2D eigenvalue weighted by molar-refractivity contribution is 7.87. The van der Waals surface area contributed by atoms with Gasteiger partial charge in [-0.25, -0.2) is 9.59 Å². The first-order valence-electron chi connectivity index (χ1n) is 9.80. The second-order valence-electron chi connectivity index (χ2n) is 8.43. The van der Waals surface area contributed by atoms with Crippen molar-refractivity contribution in [3.8, 4) is 0 Å². The van der Waals surface area contributed by atoms with Crippen LogP contribution in [0.1, 0.15) is 48.0 Å². The highest BCUT2D eigenvalue weighted by Gasteiger charge is 2.53. The Hall–Kier alpha value is -2.64. The average molecular weight is 501 g/mol. The van der Waals surface area contributed by atoms with Gasteiger partial charge in [0.25, 0.3) is 5.91 Å². The summed E-state index contributed by atoms with van der Waals surface area (Å²) in [6, 6.07) is -3.77. The molecule has 14 heteroatoms. The van der Waals surface area contributed by atoms with Crippen LogP contribution in [0.25, 0.3) is 0 Å². The summed E-state index contributed by atoms with van der Waals surface area (Å²) in [7, 11) is -6.32. The van der Waals surface area contributed by atoms with Gasteiger partial charge in [0.05, 0.1) is 12.7 Å². The second kappa shape index (κ2) is 10.1. The summed E-state index contributed by atoms with van der Waals surface area (Å²) < 4.78 is 74.7. The molecule has 1 amide bonds. The van der Waals surface area contributed by atoms with Crippen molar-refractivity contribution in [2.24, 2.45) is 5.92 Å². The fourth-order valence-electron chi connectivity index (χ4n) is 2.79. The molecule has 33 heavy (non-hydrogen) atoms. The Bertz CT molecular complexity index is 933. The van der Waals surface area contributed by atoms with Crippen molar-refractivity contribution in [2.75, 3.05) is 6.61 Å². The smallest absolute Gasteiger partial charge is 0.464 e. The highest BCUT2D eigenvalue weighted by atomic mass is 32.2. The molecule has 1 heterocycles. The summed E-state index contributed by atoms with van der Waals surface area (Å²) in [5.74, 6) is -7.06. The van der Waals surface area contributed by atoms with Crippen LogP contribution in [0.4, 0.5) is 13.2 Å². The van der Waals surface area contributed by atoms with Gasteiger partial charge in [-0.05, 0) is 40.0 Å². The zero-order chi connectivity index (χ0) is 25.9. The standard InChI is InChI=1S/C19H26F3NO9S/c1-7-30-17(27)14-15(25)12(32-33(28,29)19(20,21)22)9-13(24)23(14)11(8-10(2)3)16(26)31-18(4,5)6/h9-11,14H,7-8H2,1-6H3. The number of Topliss-reactive ketones (excluding diaryl/α,β-unsaturated/α-hetero) is 1. The van der Waals surface area contributed by atoms with Crippen molar-refractivity contribution >= 4 is 33.7 Å². The van der Waals surface area contributed by atoms with Gasteiger partial charge in [-0.2, -0.15) is 21.6 Å². The van der Waals surface area contributed by atoms with Crippen LogP contribution in [0.2, 0.25) is 0 Å². The van der Waals surface area contributed by atoms with E-state index in [2.05, 4.69) is 4.18 Å². The highest BCUT2D eigenvalue weighted by Crippen LogP contribution is 2.31. The molecule has 0 aromatic carbocycles. The molecule has 1 rings (SSSR count). The third kappa shape index (κ3) is 7.17. The van der Waals surface area contributed by atoms with E-state index >= 15 is 0 Å². The van der Waals surface area contributed by atoms with Crippen LogP contribution in [-0.4, -0.2) is 66.7 Å². The fraction of sp³-hybridized carbons (Fsp3) is 0.684. The molecule has 0 N–H and O–H groups in total. The van der Waals surface area contributed by atoms with Crippen molar-refractivity contribution in [3.05, 3.63) is 11.8 Å². The molecular weight excluding hydrogens is 475 g/mol. The number of alkyl halides is 3. The molecule has 0 bridgehead atoms. The number of ketones is 1. The Kier molecular flexibility index (Phi) is 8.69. The maximum atomic E-state index is 12.8. The van der Waals surface area contributed by atoms with Crippen molar-refractivity contribution in [3.63, 3.8) is 0 Å². The molecular formula is C19H26F3NO9S. The van der Waals surface area contributed by atoms with Crippen LogP contribution in [0.5, 0.6) is 0 Å². The average Bonchev–Trinajstić information content (AvgIpc) is 2.59. The molecule has 0 aromatic heterocycles. The Morgan fingerprint density at radius 1 is 1.15 bits per heavy atom. The number of amides is 1. The lowest BCUT2D eigenvalue weighted by Crippen LogP contribution is -2.60. The van der Waals surface area contributed by atoms with Crippen molar-refractivity contribution < 1.29 is 54.4 Å². The first-order chi connectivity index (χ1) is 14.8. The number of esters is 2. The Morgan fingerprint density at radius 3 is 2.12 bits per heavy atom. The van der Waals surface area contributed by atoms with Crippen LogP contribution in [0.15, 0.2) is 11.8 Å². The molecule has 0 spiro atoms. The first-order valence-corrected chi connectivity index (χ1v) is 11.2. The van der Waals surface area contributed by atoms with E-state index in [9.17, 15) is 40.8 Å². The first kappa shape index (κ1) is 28.4. The minimum Gasteiger partial charge on any atom is -0.464 e. The number of hydrogen-bond donors (Lipinski definition) is 0. The number of carbonyl (C=O) groups is 4. The maximum Gasteiger partial charge on any atom is 0.534 e. The number of rotatable bonds is 8. The van der Waals surface area contributed by atoms with E-state index in [1.165, 1.54) is 27.7 Å². The van der Waals surface area contributed by atoms with E-state index < -0.39 is 62.7 Å². The fourth-order valence-corrected chi connectivity index (χ4v) is 3.25. The molecule has 0 saturated heterocycles. The van der Waals surface area contributed by atoms with Crippen LogP contribution < -0.4 is 0 Å². The molecule has 0 aromatic rings. The van der Waals surface area contributed by atoms with E-state index in [4.69, 9.17) is 9.47 Å². The van der Waals surface area contributed by atoms with E-state index in [0.717, 1.165) is 0 Å². The van der Waals surface area contributed by atoms with Gasteiger partial charge in [-0.1, -0.05) is 13.8 Å². The lowest BCUT2D eigenvalue weighted by molar-refractivity contribution is -0.171. The minimum absolute atomic E-state index is 0.0886. The molecule has 2 unspecified atom stereocenters. The quantitative estimate of drug-likeness (QED) is 0.211. The van der Waals surface area contributed by atoms with Crippen LogP contribution >= 0.6 is 0 Å². The monoisotopic (exact) mass is 501 g/mol. The molecule has 0 saturated carbocycles. The summed E-state index contributed by atoms with van der Waals surface area (Å²) in [4.78, 5) is 51.5. The van der Waals surface area contributed by atoms with Gasteiger partial charge < -0.3 is 18.6 Å². The topological polar surface area (TPSA) is 133 Å². The lowest BCUT2D eigenvalue weighted by Gasteiger charge is -2.38. The van der Waals surface area contributed by atoms with Gasteiger partial charge in [-0.3, -0.25) is 9.59 Å². The third-order valence-electron chi connectivity index (χ3n) is 3.98. The molecule has 2 atom stereocenters. The van der Waals surface area contributed by atoms with Crippen molar-refractivity contribution in [1.29, 1.82) is 0 Å². The molecule has 0 fully saturated rings. The number of nitrogens with zero attached hydrogens (tertiary/aromatic N) is 1. The largest absolute Gasteiger partial charge is 0.534 e. The van der Waals surface area contributed by atoms with Gasteiger partial charge in [0, 0.05) is 0 Å². The van der Waals surface area contributed by atoms with E-state index in [1.807, 2.05) is 0 Å². The number of carbonyl (C=O) groups excluding carboxylic acids is 4. The van der Waals surface area contributed by atoms with Crippen molar-refractivity contribution in [1.82, 2.24) is 4.90 Å². The number of halogens is 3. The van der Waals surface area contributed by atoms with E-state index in [-0.39, 0.29) is 25.0 Å². The van der Waals surface area contributed by atoms with E-state index in [0.29, 0.717) is 4.90 Å². The molecule has 1 aliphatic rings. The Balaban J connectivity index is 3.59. The van der Waals surface area contributed by atoms with Crippen molar-refractivity contribution in [2.45, 2.75) is 71.2 Å². The maximum absolute atomic E-state index is 12.8. The van der Waals surface area contributed by atoms with Gasteiger partial charge in [0.2, 0.25) is 5.78 Å². The Labute approximate surface area is 189 Å². The zero-order valence-corrected chi connectivity index (χ0v) is 19.7.